The fourth-order valence-corrected chi connectivity index (χ4v) is 1.40. The Balaban J connectivity index is 0.00000112. The molecule has 78 valence electrons. The third-order valence-electron chi connectivity index (χ3n) is 2.07. The van der Waals surface area contributed by atoms with Gasteiger partial charge in [0.15, 0.2) is 0 Å². The highest BCUT2D eigenvalue weighted by molar-refractivity contribution is 5.97. The van der Waals surface area contributed by atoms with E-state index in [1.807, 2.05) is 0 Å². The Bertz CT molecular complexity index is 508. The second-order valence-electron chi connectivity index (χ2n) is 3.00. The maximum atomic E-state index is 11.4. The molecule has 2 rings (SSSR count). The maximum Gasteiger partial charge on any atom is 0.335 e. The monoisotopic (exact) mass is 205 g/mol. The molecule has 0 atom stereocenters. The number of quaternary nitrogens is 1. The number of fused-ring (bicyclic) bond motifs is 1. The zero-order chi connectivity index (χ0) is 10.1. The van der Waals surface area contributed by atoms with Crippen molar-refractivity contribution in [3.8, 4) is 5.75 Å². The molecule has 0 aliphatic rings. The van der Waals surface area contributed by atoms with Crippen molar-refractivity contribution in [3.63, 3.8) is 0 Å². The quantitative estimate of drug-likeness (QED) is 0.744. The molecular formula is C11H11NO3. The molecule has 15 heavy (non-hydrogen) atoms. The first kappa shape index (κ1) is 11.0. The minimum Gasteiger partial charge on any atom is -0.872 e. The molecule has 0 spiro atoms. The van der Waals surface area contributed by atoms with Gasteiger partial charge in [-0.15, -0.1) is 5.75 Å². The number of carbonyl (C=O) groups is 1. The van der Waals surface area contributed by atoms with Crippen molar-refractivity contribution >= 4 is 16.7 Å². The molecule has 0 saturated heterocycles. The summed E-state index contributed by atoms with van der Waals surface area (Å²) in [6.45, 7) is 0. The van der Waals surface area contributed by atoms with Crippen LogP contribution < -0.4 is 11.3 Å². The molecule has 2 aromatic carbocycles. The van der Waals surface area contributed by atoms with Crippen LogP contribution in [-0.4, -0.2) is 11.1 Å². The zero-order valence-electron chi connectivity index (χ0n) is 8.23. The molecule has 5 N–H and O–H groups in total. The summed E-state index contributed by atoms with van der Waals surface area (Å²) in [4.78, 5) is 10.7. The third kappa shape index (κ3) is 1.89. The van der Waals surface area contributed by atoms with E-state index in [1.165, 1.54) is 6.07 Å². The number of hydrogen-bond donors (Lipinski definition) is 2. The fraction of sp³-hybridized carbons (Fsp3) is 0. The second kappa shape index (κ2) is 3.98. The van der Waals surface area contributed by atoms with Gasteiger partial charge in [0.1, 0.15) is 0 Å². The predicted octanol–water partition coefficient (Wildman–Crippen LogP) is 1.99. The summed E-state index contributed by atoms with van der Waals surface area (Å²) in [5, 5.41) is 21.4. The zero-order valence-corrected chi connectivity index (χ0v) is 8.23. The van der Waals surface area contributed by atoms with Crippen LogP contribution in [0.4, 0.5) is 0 Å². The first-order chi connectivity index (χ1) is 6.68. The first-order valence-electron chi connectivity index (χ1n) is 4.11. The molecule has 0 fully saturated rings. The molecule has 4 nitrogen and oxygen atoms in total. The minimum absolute atomic E-state index is 0. The Morgan fingerprint density at radius 3 is 2.53 bits per heavy atom. The molecule has 2 aromatic rings. The topological polar surface area (TPSA) is 96.9 Å². The molecule has 0 radical (unpaired) electrons. The molecule has 0 aliphatic carbocycles. The standard InChI is InChI=1S/C11H8O3.H3N/c12-10-6-8(11(13)14)5-7-3-1-2-4-9(7)10;/h1-6,12H,(H,13,14);1H3. The van der Waals surface area contributed by atoms with E-state index in [9.17, 15) is 9.90 Å². The van der Waals surface area contributed by atoms with Gasteiger partial charge in [-0.25, -0.2) is 4.79 Å². The highest BCUT2D eigenvalue weighted by Gasteiger charge is 2.03. The van der Waals surface area contributed by atoms with Crippen LogP contribution in [0.1, 0.15) is 10.4 Å². The van der Waals surface area contributed by atoms with E-state index in [0.717, 1.165) is 6.07 Å². The lowest BCUT2D eigenvalue weighted by Gasteiger charge is -2.11. The van der Waals surface area contributed by atoms with Crippen LogP contribution in [0.2, 0.25) is 0 Å². The minimum atomic E-state index is -1.08. The van der Waals surface area contributed by atoms with Gasteiger partial charge >= 0.3 is 5.97 Å². The summed E-state index contributed by atoms with van der Waals surface area (Å²) in [5.74, 6) is -1.33. The van der Waals surface area contributed by atoms with Crippen LogP contribution in [0.15, 0.2) is 36.4 Å². The number of aromatic carboxylic acids is 1. The first-order valence-corrected chi connectivity index (χ1v) is 4.11. The third-order valence-corrected chi connectivity index (χ3v) is 2.07. The molecular weight excluding hydrogens is 194 g/mol. The van der Waals surface area contributed by atoms with Gasteiger partial charge in [-0.05, 0) is 16.8 Å². The van der Waals surface area contributed by atoms with Crippen LogP contribution in [0.3, 0.4) is 0 Å². The average Bonchev–Trinajstić information content (AvgIpc) is 2.17. The van der Waals surface area contributed by atoms with Crippen LogP contribution in [0.25, 0.3) is 10.8 Å². The summed E-state index contributed by atoms with van der Waals surface area (Å²) < 4.78 is 0. The van der Waals surface area contributed by atoms with E-state index >= 15 is 0 Å². The van der Waals surface area contributed by atoms with E-state index in [0.29, 0.717) is 10.8 Å². The van der Waals surface area contributed by atoms with Gasteiger partial charge in [0.2, 0.25) is 0 Å². The van der Waals surface area contributed by atoms with Gasteiger partial charge < -0.3 is 16.4 Å². The molecule has 0 amide bonds. The summed E-state index contributed by atoms with van der Waals surface area (Å²) in [6, 6.07) is 9.58. The summed E-state index contributed by atoms with van der Waals surface area (Å²) in [5.41, 5.74) is 0.0358. The molecule has 4 heteroatoms. The maximum absolute atomic E-state index is 11.4. The van der Waals surface area contributed by atoms with Gasteiger partial charge in [0.05, 0.1) is 5.56 Å². The average molecular weight is 205 g/mol. The van der Waals surface area contributed by atoms with Gasteiger partial charge in [0, 0.05) is 0 Å². The summed E-state index contributed by atoms with van der Waals surface area (Å²) in [7, 11) is 0. The Labute approximate surface area is 86.4 Å². The lowest BCUT2D eigenvalue weighted by Crippen LogP contribution is -1.99. The van der Waals surface area contributed by atoms with Gasteiger partial charge in [0.25, 0.3) is 0 Å². The van der Waals surface area contributed by atoms with Gasteiger partial charge in [-0.3, -0.25) is 0 Å². The molecule has 0 aliphatic heterocycles. The highest BCUT2D eigenvalue weighted by Crippen LogP contribution is 2.23. The number of carboxylic acids is 1. The van der Waals surface area contributed by atoms with E-state index in [2.05, 4.69) is 0 Å². The molecule has 0 bridgehead atoms. The Hall–Kier alpha value is -2.07. The van der Waals surface area contributed by atoms with E-state index in [4.69, 9.17) is 5.11 Å². The van der Waals surface area contributed by atoms with E-state index < -0.39 is 5.97 Å². The Morgan fingerprint density at radius 2 is 1.87 bits per heavy atom. The van der Waals surface area contributed by atoms with Crippen molar-refractivity contribution in [1.29, 1.82) is 0 Å². The van der Waals surface area contributed by atoms with Crippen LogP contribution in [0, 0.1) is 0 Å². The lowest BCUT2D eigenvalue weighted by molar-refractivity contribution is -0.265. The van der Waals surface area contributed by atoms with Crippen molar-refractivity contribution in [3.05, 3.63) is 42.0 Å². The number of hydrogen-bond acceptors (Lipinski definition) is 2. The molecule has 0 unspecified atom stereocenters. The largest absolute Gasteiger partial charge is 0.872 e. The number of rotatable bonds is 1. The normalized spacial score (nSPS) is 9.60. The molecule has 0 heterocycles. The van der Waals surface area contributed by atoms with Crippen LogP contribution >= 0.6 is 0 Å². The SMILES string of the molecule is O=C(O)c1cc([O-])c2ccccc2c1.[NH4+]. The van der Waals surface area contributed by atoms with Gasteiger partial charge in [-0.2, -0.15) is 0 Å². The molecule has 0 aromatic heterocycles. The summed E-state index contributed by atoms with van der Waals surface area (Å²) in [6.07, 6.45) is 0. The predicted molar refractivity (Wildman–Crippen MR) is 56.3 cm³/mol. The van der Waals surface area contributed by atoms with E-state index in [-0.39, 0.29) is 17.5 Å². The van der Waals surface area contributed by atoms with Crippen LogP contribution in [0.5, 0.6) is 5.75 Å². The lowest BCUT2D eigenvalue weighted by atomic mass is 10.1. The number of benzene rings is 2. The Kier molecular flexibility index (Phi) is 2.92. The highest BCUT2D eigenvalue weighted by atomic mass is 16.4. The van der Waals surface area contributed by atoms with Crippen molar-refractivity contribution in [1.82, 2.24) is 6.15 Å². The molecule has 0 saturated carbocycles. The van der Waals surface area contributed by atoms with Crippen molar-refractivity contribution in [2.75, 3.05) is 0 Å². The van der Waals surface area contributed by atoms with Gasteiger partial charge in [-0.1, -0.05) is 30.3 Å². The number of carboxylic acid groups (broad SMARTS) is 1. The van der Waals surface area contributed by atoms with E-state index in [1.54, 1.807) is 24.3 Å². The second-order valence-corrected chi connectivity index (χ2v) is 3.00. The fourth-order valence-electron chi connectivity index (χ4n) is 1.40. The Morgan fingerprint density at radius 1 is 1.20 bits per heavy atom. The van der Waals surface area contributed by atoms with Crippen molar-refractivity contribution < 1.29 is 15.0 Å². The van der Waals surface area contributed by atoms with Crippen molar-refractivity contribution in [2.45, 2.75) is 0 Å². The smallest absolute Gasteiger partial charge is 0.335 e. The van der Waals surface area contributed by atoms with Crippen molar-refractivity contribution in [2.24, 2.45) is 0 Å². The van der Waals surface area contributed by atoms with Crippen LogP contribution in [-0.2, 0) is 0 Å². The summed E-state index contributed by atoms with van der Waals surface area (Å²) >= 11 is 0.